The Hall–Kier alpha value is -3.78. The number of nitrogens with zero attached hydrogens (tertiary/aromatic N) is 1. The standard InChI is InChI=1S/C22H16FN3O3S/c1-28-17-8-5-13(6-9-17)21-25-18-12-16(7-10-19(18)29-21)24-22(30)26-20(27)14-3-2-4-15(23)11-14/h2-12H,1H3,(H2,24,26,27,30). The fourth-order valence-corrected chi connectivity index (χ4v) is 3.04. The van der Waals surface area contributed by atoms with Crippen LogP contribution in [0.15, 0.2) is 71.1 Å². The van der Waals surface area contributed by atoms with E-state index in [2.05, 4.69) is 15.6 Å². The van der Waals surface area contributed by atoms with E-state index in [0.29, 0.717) is 22.7 Å². The van der Waals surface area contributed by atoms with Crippen molar-refractivity contribution in [3.63, 3.8) is 0 Å². The summed E-state index contributed by atoms with van der Waals surface area (Å²) >= 11 is 5.18. The minimum absolute atomic E-state index is 0.0856. The highest BCUT2D eigenvalue weighted by atomic mass is 32.1. The molecule has 30 heavy (non-hydrogen) atoms. The molecule has 4 rings (SSSR count). The third-order valence-corrected chi connectivity index (χ3v) is 4.50. The Balaban J connectivity index is 1.47. The highest BCUT2D eigenvalue weighted by molar-refractivity contribution is 7.80. The predicted octanol–water partition coefficient (Wildman–Crippen LogP) is 4.77. The number of anilines is 1. The summed E-state index contributed by atoms with van der Waals surface area (Å²) < 4.78 is 24.2. The molecule has 8 heteroatoms. The van der Waals surface area contributed by atoms with Crippen LogP contribution >= 0.6 is 12.2 Å². The molecule has 1 aromatic heterocycles. The number of rotatable bonds is 4. The molecule has 1 amide bonds. The topological polar surface area (TPSA) is 76.4 Å². The number of carbonyl (C=O) groups excluding carboxylic acids is 1. The van der Waals surface area contributed by atoms with Crippen LogP contribution in [0.25, 0.3) is 22.6 Å². The van der Waals surface area contributed by atoms with Crippen molar-refractivity contribution in [3.05, 3.63) is 78.1 Å². The van der Waals surface area contributed by atoms with Gasteiger partial charge in [-0.15, -0.1) is 0 Å². The fourth-order valence-electron chi connectivity index (χ4n) is 2.83. The average Bonchev–Trinajstić information content (AvgIpc) is 3.17. The lowest BCUT2D eigenvalue weighted by atomic mass is 10.2. The molecule has 0 aliphatic carbocycles. The third kappa shape index (κ3) is 4.28. The molecule has 0 unspecified atom stereocenters. The maximum Gasteiger partial charge on any atom is 0.257 e. The van der Waals surface area contributed by atoms with Gasteiger partial charge in [-0.05, 0) is 72.9 Å². The number of amides is 1. The summed E-state index contributed by atoms with van der Waals surface area (Å²) in [4.78, 5) is 16.7. The zero-order chi connectivity index (χ0) is 21.1. The molecule has 0 bridgehead atoms. The SMILES string of the molecule is COc1ccc(-c2nc3cc(NC(=S)NC(=O)c4cccc(F)c4)ccc3o2)cc1. The van der Waals surface area contributed by atoms with E-state index in [1.807, 2.05) is 24.3 Å². The summed E-state index contributed by atoms with van der Waals surface area (Å²) in [5.74, 6) is 0.226. The summed E-state index contributed by atoms with van der Waals surface area (Å²) in [5, 5.41) is 5.53. The summed E-state index contributed by atoms with van der Waals surface area (Å²) in [6, 6.07) is 18.0. The number of hydrogen-bond donors (Lipinski definition) is 2. The van der Waals surface area contributed by atoms with Crippen LogP contribution in [-0.2, 0) is 0 Å². The first-order chi connectivity index (χ1) is 14.5. The maximum atomic E-state index is 13.3. The Morgan fingerprint density at radius 2 is 1.90 bits per heavy atom. The molecule has 2 N–H and O–H groups in total. The zero-order valence-electron chi connectivity index (χ0n) is 15.8. The first-order valence-corrected chi connectivity index (χ1v) is 9.35. The second kappa shape index (κ2) is 8.30. The molecule has 0 atom stereocenters. The van der Waals surface area contributed by atoms with Crippen molar-refractivity contribution in [1.29, 1.82) is 0 Å². The van der Waals surface area contributed by atoms with E-state index in [-0.39, 0.29) is 10.7 Å². The van der Waals surface area contributed by atoms with E-state index in [9.17, 15) is 9.18 Å². The molecule has 4 aromatic rings. The molecule has 0 radical (unpaired) electrons. The second-order valence-corrected chi connectivity index (χ2v) is 6.76. The van der Waals surface area contributed by atoms with Gasteiger partial charge in [0.25, 0.3) is 5.91 Å². The van der Waals surface area contributed by atoms with E-state index in [1.165, 1.54) is 18.2 Å². The van der Waals surface area contributed by atoms with E-state index in [0.717, 1.165) is 17.4 Å². The van der Waals surface area contributed by atoms with Crippen LogP contribution in [0.5, 0.6) is 5.75 Å². The van der Waals surface area contributed by atoms with E-state index in [1.54, 1.807) is 25.3 Å². The van der Waals surface area contributed by atoms with Crippen molar-refractivity contribution < 1.29 is 18.3 Å². The van der Waals surface area contributed by atoms with Gasteiger partial charge in [-0.2, -0.15) is 0 Å². The lowest BCUT2D eigenvalue weighted by Crippen LogP contribution is -2.34. The van der Waals surface area contributed by atoms with Crippen LogP contribution in [0, 0.1) is 5.82 Å². The highest BCUT2D eigenvalue weighted by Crippen LogP contribution is 2.27. The molecule has 0 spiro atoms. The Kier molecular flexibility index (Phi) is 5.40. The quantitative estimate of drug-likeness (QED) is 0.463. The van der Waals surface area contributed by atoms with Gasteiger partial charge in [0, 0.05) is 16.8 Å². The number of carbonyl (C=O) groups is 1. The monoisotopic (exact) mass is 421 g/mol. The Labute approximate surface area is 176 Å². The molecule has 0 saturated carbocycles. The summed E-state index contributed by atoms with van der Waals surface area (Å²) in [6.07, 6.45) is 0. The third-order valence-electron chi connectivity index (χ3n) is 4.30. The minimum Gasteiger partial charge on any atom is -0.497 e. The molecule has 6 nitrogen and oxygen atoms in total. The van der Waals surface area contributed by atoms with Crippen LogP contribution in [-0.4, -0.2) is 23.1 Å². The van der Waals surface area contributed by atoms with Crippen molar-refractivity contribution in [3.8, 4) is 17.2 Å². The predicted molar refractivity (Wildman–Crippen MR) is 116 cm³/mol. The lowest BCUT2D eigenvalue weighted by molar-refractivity contribution is 0.0977. The van der Waals surface area contributed by atoms with Gasteiger partial charge in [0.2, 0.25) is 5.89 Å². The number of fused-ring (bicyclic) bond motifs is 1. The number of aromatic nitrogens is 1. The zero-order valence-corrected chi connectivity index (χ0v) is 16.6. The Morgan fingerprint density at radius 3 is 2.63 bits per heavy atom. The molecule has 0 aliphatic heterocycles. The number of methoxy groups -OCH3 is 1. The van der Waals surface area contributed by atoms with Crippen LogP contribution in [0.1, 0.15) is 10.4 Å². The first-order valence-electron chi connectivity index (χ1n) is 8.95. The first kappa shape index (κ1) is 19.5. The number of nitrogens with one attached hydrogen (secondary N) is 2. The number of thiocarbonyl (C=S) groups is 1. The fraction of sp³-hybridized carbons (Fsp3) is 0.0455. The smallest absolute Gasteiger partial charge is 0.257 e. The largest absolute Gasteiger partial charge is 0.497 e. The highest BCUT2D eigenvalue weighted by Gasteiger charge is 2.11. The molecule has 0 saturated heterocycles. The molecule has 1 heterocycles. The molecular weight excluding hydrogens is 405 g/mol. The summed E-state index contributed by atoms with van der Waals surface area (Å²) in [5.41, 5.74) is 2.86. The molecular formula is C22H16FN3O3S. The van der Waals surface area contributed by atoms with Gasteiger partial charge < -0.3 is 14.5 Å². The number of hydrogen-bond acceptors (Lipinski definition) is 5. The van der Waals surface area contributed by atoms with Gasteiger partial charge in [0.05, 0.1) is 7.11 Å². The molecule has 0 fully saturated rings. The molecule has 3 aromatic carbocycles. The number of halogens is 1. The van der Waals surface area contributed by atoms with Crippen LogP contribution in [0.4, 0.5) is 10.1 Å². The average molecular weight is 421 g/mol. The second-order valence-electron chi connectivity index (χ2n) is 6.35. The molecule has 150 valence electrons. The van der Waals surface area contributed by atoms with Gasteiger partial charge in [0.15, 0.2) is 10.7 Å². The van der Waals surface area contributed by atoms with Gasteiger partial charge >= 0.3 is 0 Å². The van der Waals surface area contributed by atoms with Crippen molar-refractivity contribution in [2.24, 2.45) is 0 Å². The van der Waals surface area contributed by atoms with E-state index < -0.39 is 11.7 Å². The van der Waals surface area contributed by atoms with Gasteiger partial charge in [-0.25, -0.2) is 9.37 Å². The van der Waals surface area contributed by atoms with Gasteiger partial charge in [-0.1, -0.05) is 6.07 Å². The van der Waals surface area contributed by atoms with E-state index in [4.69, 9.17) is 21.4 Å². The van der Waals surface area contributed by atoms with Crippen molar-refractivity contribution in [2.75, 3.05) is 12.4 Å². The maximum absolute atomic E-state index is 13.3. The van der Waals surface area contributed by atoms with Crippen molar-refractivity contribution in [1.82, 2.24) is 10.3 Å². The number of oxazole rings is 1. The van der Waals surface area contributed by atoms with Crippen LogP contribution in [0.3, 0.4) is 0 Å². The van der Waals surface area contributed by atoms with Crippen LogP contribution < -0.4 is 15.4 Å². The normalized spacial score (nSPS) is 10.6. The van der Waals surface area contributed by atoms with Gasteiger partial charge in [0.1, 0.15) is 17.1 Å². The van der Waals surface area contributed by atoms with Crippen molar-refractivity contribution >= 4 is 40.0 Å². The lowest BCUT2D eigenvalue weighted by Gasteiger charge is -2.09. The van der Waals surface area contributed by atoms with Crippen molar-refractivity contribution in [2.45, 2.75) is 0 Å². The molecule has 0 aliphatic rings. The summed E-state index contributed by atoms with van der Waals surface area (Å²) in [7, 11) is 1.61. The minimum atomic E-state index is -0.503. The number of ether oxygens (including phenoxy) is 1. The summed E-state index contributed by atoms with van der Waals surface area (Å²) in [6.45, 7) is 0. The van der Waals surface area contributed by atoms with Crippen LogP contribution in [0.2, 0.25) is 0 Å². The Bertz CT molecular complexity index is 1240. The van der Waals surface area contributed by atoms with E-state index >= 15 is 0 Å². The Morgan fingerprint density at radius 1 is 1.10 bits per heavy atom. The number of benzene rings is 3. The van der Waals surface area contributed by atoms with Gasteiger partial charge in [-0.3, -0.25) is 10.1 Å².